The van der Waals surface area contributed by atoms with Gasteiger partial charge in [0.25, 0.3) is 0 Å². The van der Waals surface area contributed by atoms with Crippen molar-refractivity contribution in [3.8, 4) is 5.75 Å². The lowest BCUT2D eigenvalue weighted by Crippen LogP contribution is -2.31. The molecule has 3 rings (SSSR count). The molecular formula is C16H19ClN4O2S. The van der Waals surface area contributed by atoms with Gasteiger partial charge in [-0.2, -0.15) is 0 Å². The number of anilines is 1. The maximum absolute atomic E-state index is 12.5. The van der Waals surface area contributed by atoms with E-state index in [0.29, 0.717) is 23.0 Å². The van der Waals surface area contributed by atoms with Crippen LogP contribution in [-0.2, 0) is 13.0 Å². The smallest absolute Gasteiger partial charge is 0.322 e. The summed E-state index contributed by atoms with van der Waals surface area (Å²) in [6.45, 7) is 6.29. The Kier molecular flexibility index (Phi) is 4.40. The maximum atomic E-state index is 12.5. The van der Waals surface area contributed by atoms with Crippen LogP contribution in [0.25, 0.3) is 0 Å². The Morgan fingerprint density at radius 2 is 2.21 bits per heavy atom. The van der Waals surface area contributed by atoms with Crippen LogP contribution in [0.5, 0.6) is 5.75 Å². The monoisotopic (exact) mass is 366 g/mol. The molecule has 2 heterocycles. The molecule has 1 aromatic carbocycles. The lowest BCUT2D eigenvalue weighted by molar-refractivity contribution is 0.139. The highest BCUT2D eigenvalue weighted by Crippen LogP contribution is 2.44. The van der Waals surface area contributed by atoms with E-state index in [9.17, 15) is 4.79 Å². The molecule has 1 N–H and O–H groups in total. The van der Waals surface area contributed by atoms with Gasteiger partial charge in [-0.3, -0.25) is 0 Å². The van der Waals surface area contributed by atoms with E-state index >= 15 is 0 Å². The van der Waals surface area contributed by atoms with E-state index in [2.05, 4.69) is 15.5 Å². The predicted octanol–water partition coefficient (Wildman–Crippen LogP) is 3.88. The third-order valence-corrected chi connectivity index (χ3v) is 4.84. The van der Waals surface area contributed by atoms with Crippen LogP contribution in [0.15, 0.2) is 12.1 Å². The SMILES string of the molecule is Cc1nnc(CN(C)C(=O)Nc2c(Cl)ccc3c2OC(C)(C)C3)s1. The third-order valence-electron chi connectivity index (χ3n) is 3.70. The quantitative estimate of drug-likeness (QED) is 0.895. The molecule has 0 aliphatic carbocycles. The van der Waals surface area contributed by atoms with Gasteiger partial charge in [-0.1, -0.05) is 29.0 Å². The van der Waals surface area contributed by atoms with Crippen molar-refractivity contribution in [1.29, 1.82) is 0 Å². The average molecular weight is 367 g/mol. The zero-order valence-corrected chi connectivity index (χ0v) is 15.6. The Hall–Kier alpha value is -1.86. The van der Waals surface area contributed by atoms with E-state index in [-0.39, 0.29) is 11.6 Å². The first-order chi connectivity index (χ1) is 11.2. The van der Waals surface area contributed by atoms with E-state index in [4.69, 9.17) is 16.3 Å². The number of aryl methyl sites for hydroxylation is 1. The third kappa shape index (κ3) is 3.47. The van der Waals surface area contributed by atoms with Crippen molar-refractivity contribution in [3.63, 3.8) is 0 Å². The Morgan fingerprint density at radius 1 is 1.46 bits per heavy atom. The van der Waals surface area contributed by atoms with Gasteiger partial charge in [0.05, 0.1) is 11.6 Å². The van der Waals surface area contributed by atoms with E-state index in [1.807, 2.05) is 26.8 Å². The van der Waals surface area contributed by atoms with Crippen molar-refractivity contribution in [1.82, 2.24) is 15.1 Å². The molecule has 6 nitrogen and oxygen atoms in total. The number of halogens is 1. The van der Waals surface area contributed by atoms with Crippen molar-refractivity contribution in [3.05, 3.63) is 32.7 Å². The number of aromatic nitrogens is 2. The Labute approximate surface area is 149 Å². The number of hydrogen-bond acceptors (Lipinski definition) is 5. The van der Waals surface area contributed by atoms with E-state index in [1.165, 1.54) is 16.2 Å². The number of benzene rings is 1. The van der Waals surface area contributed by atoms with Gasteiger partial charge >= 0.3 is 6.03 Å². The minimum Gasteiger partial charge on any atom is -0.485 e. The van der Waals surface area contributed by atoms with Crippen molar-refractivity contribution in [2.24, 2.45) is 0 Å². The zero-order chi connectivity index (χ0) is 17.5. The second-order valence-electron chi connectivity index (χ2n) is 6.45. The van der Waals surface area contributed by atoms with Crippen molar-refractivity contribution >= 4 is 34.7 Å². The van der Waals surface area contributed by atoms with Crippen LogP contribution in [0.1, 0.15) is 29.4 Å². The fourth-order valence-electron chi connectivity index (χ4n) is 2.62. The van der Waals surface area contributed by atoms with Gasteiger partial charge in [0.2, 0.25) is 0 Å². The number of ether oxygens (including phenoxy) is 1. The number of nitrogens with zero attached hydrogens (tertiary/aromatic N) is 3. The van der Waals surface area contributed by atoms with Gasteiger partial charge in [-0.15, -0.1) is 10.2 Å². The summed E-state index contributed by atoms with van der Waals surface area (Å²) in [7, 11) is 1.70. The lowest BCUT2D eigenvalue weighted by atomic mass is 10.0. The minimum atomic E-state index is -0.303. The summed E-state index contributed by atoms with van der Waals surface area (Å²) in [5, 5.41) is 13.0. The number of amides is 2. The number of hydrogen-bond donors (Lipinski definition) is 1. The molecule has 2 amide bonds. The summed E-state index contributed by atoms with van der Waals surface area (Å²) in [5.74, 6) is 0.654. The molecular weight excluding hydrogens is 348 g/mol. The van der Waals surface area contributed by atoms with Crippen LogP contribution in [0, 0.1) is 6.92 Å². The molecule has 0 saturated carbocycles. The second-order valence-corrected chi connectivity index (χ2v) is 8.12. The Morgan fingerprint density at radius 3 is 2.88 bits per heavy atom. The van der Waals surface area contributed by atoms with Crippen LogP contribution >= 0.6 is 22.9 Å². The number of fused-ring (bicyclic) bond motifs is 1. The highest BCUT2D eigenvalue weighted by atomic mass is 35.5. The molecule has 0 atom stereocenters. The standard InChI is InChI=1S/C16H19ClN4O2S/c1-9-19-20-12(24-9)8-21(4)15(22)18-13-11(17)6-5-10-7-16(2,3)23-14(10)13/h5-6H,7-8H2,1-4H3,(H,18,22). The van der Waals surface area contributed by atoms with Gasteiger partial charge in [0.15, 0.2) is 0 Å². The van der Waals surface area contributed by atoms with E-state index < -0.39 is 0 Å². The van der Waals surface area contributed by atoms with E-state index in [1.54, 1.807) is 13.1 Å². The molecule has 1 aromatic heterocycles. The molecule has 0 fully saturated rings. The van der Waals surface area contributed by atoms with Gasteiger partial charge in [0, 0.05) is 19.0 Å². The molecule has 2 aromatic rings. The highest BCUT2D eigenvalue weighted by molar-refractivity contribution is 7.11. The van der Waals surface area contributed by atoms with Crippen molar-refractivity contribution < 1.29 is 9.53 Å². The molecule has 8 heteroatoms. The van der Waals surface area contributed by atoms with Gasteiger partial charge in [0.1, 0.15) is 27.1 Å². The fourth-order valence-corrected chi connectivity index (χ4v) is 3.58. The molecule has 0 saturated heterocycles. The summed E-state index contributed by atoms with van der Waals surface area (Å²) in [6.07, 6.45) is 0.780. The minimum absolute atomic E-state index is 0.272. The lowest BCUT2D eigenvalue weighted by Gasteiger charge is -2.21. The van der Waals surface area contributed by atoms with Gasteiger partial charge in [-0.25, -0.2) is 4.79 Å². The largest absolute Gasteiger partial charge is 0.485 e. The number of urea groups is 1. The van der Waals surface area contributed by atoms with Crippen LogP contribution in [0.2, 0.25) is 5.02 Å². The molecule has 1 aliphatic rings. The fraction of sp³-hybridized carbons (Fsp3) is 0.438. The molecule has 0 bridgehead atoms. The van der Waals surface area contributed by atoms with Crippen molar-refractivity contribution in [2.45, 2.75) is 39.3 Å². The topological polar surface area (TPSA) is 67.4 Å². The molecule has 0 radical (unpaired) electrons. The molecule has 128 valence electrons. The van der Waals surface area contributed by atoms with Crippen LogP contribution < -0.4 is 10.1 Å². The number of rotatable bonds is 3. The van der Waals surface area contributed by atoms with Crippen molar-refractivity contribution in [2.75, 3.05) is 12.4 Å². The normalized spacial score (nSPS) is 14.9. The Bertz CT molecular complexity index is 790. The first kappa shape index (κ1) is 17.0. The summed E-state index contributed by atoms with van der Waals surface area (Å²) in [6, 6.07) is 3.46. The summed E-state index contributed by atoms with van der Waals surface area (Å²) < 4.78 is 5.97. The van der Waals surface area contributed by atoms with Crippen LogP contribution in [0.4, 0.5) is 10.5 Å². The molecule has 0 unspecified atom stereocenters. The Balaban J connectivity index is 1.76. The highest BCUT2D eigenvalue weighted by Gasteiger charge is 2.33. The number of carbonyl (C=O) groups excluding carboxylic acids is 1. The second kappa shape index (κ2) is 6.22. The first-order valence-electron chi connectivity index (χ1n) is 7.57. The predicted molar refractivity (Wildman–Crippen MR) is 95.0 cm³/mol. The zero-order valence-electron chi connectivity index (χ0n) is 14.0. The molecule has 24 heavy (non-hydrogen) atoms. The van der Waals surface area contributed by atoms with Gasteiger partial charge < -0.3 is 15.0 Å². The van der Waals surface area contributed by atoms with Crippen LogP contribution in [-0.4, -0.2) is 33.8 Å². The van der Waals surface area contributed by atoms with Crippen LogP contribution in [0.3, 0.4) is 0 Å². The van der Waals surface area contributed by atoms with Gasteiger partial charge in [-0.05, 0) is 26.8 Å². The summed E-state index contributed by atoms with van der Waals surface area (Å²) >= 11 is 7.75. The first-order valence-corrected chi connectivity index (χ1v) is 8.76. The van der Waals surface area contributed by atoms with E-state index in [0.717, 1.165) is 22.0 Å². The molecule has 1 aliphatic heterocycles. The summed E-state index contributed by atoms with van der Waals surface area (Å²) in [5.41, 5.74) is 1.26. The average Bonchev–Trinajstić information content (AvgIpc) is 3.03. The summed E-state index contributed by atoms with van der Waals surface area (Å²) in [4.78, 5) is 14.0. The number of carbonyl (C=O) groups is 1. The molecule has 0 spiro atoms. The number of nitrogens with one attached hydrogen (secondary N) is 1. The maximum Gasteiger partial charge on any atom is 0.322 e.